The summed E-state index contributed by atoms with van der Waals surface area (Å²) < 4.78 is 0. The van der Waals surface area contributed by atoms with Crippen LogP contribution in [-0.2, 0) is 0 Å². The van der Waals surface area contributed by atoms with Crippen LogP contribution in [0.1, 0.15) is 17.3 Å². The van der Waals surface area contributed by atoms with E-state index in [4.69, 9.17) is 23.2 Å². The summed E-state index contributed by atoms with van der Waals surface area (Å²) in [5.41, 5.74) is -0.476. The van der Waals surface area contributed by atoms with Crippen molar-refractivity contribution in [1.29, 1.82) is 0 Å². The lowest BCUT2D eigenvalue weighted by Gasteiger charge is -2.01. The van der Waals surface area contributed by atoms with Crippen LogP contribution in [0.3, 0.4) is 0 Å². The average Bonchev–Trinajstić information content (AvgIpc) is 2.08. The van der Waals surface area contributed by atoms with Crippen LogP contribution >= 0.6 is 23.2 Å². The molecule has 0 heterocycles. The fraction of sp³-hybridized carbons (Fsp3) is 0.125. The summed E-state index contributed by atoms with van der Waals surface area (Å²) in [6, 6.07) is 2.64. The molecule has 0 N–H and O–H groups in total. The minimum absolute atomic E-state index is 0.0376. The quantitative estimate of drug-likeness (QED) is 0.448. The Morgan fingerprint density at radius 3 is 2.43 bits per heavy atom. The molecular formula is C8H5Cl2NO3. The number of benzene rings is 1. The summed E-state index contributed by atoms with van der Waals surface area (Å²) in [6.45, 7) is 1.23. The maximum absolute atomic E-state index is 11.0. The molecule has 0 bridgehead atoms. The molecule has 14 heavy (non-hydrogen) atoms. The summed E-state index contributed by atoms with van der Waals surface area (Å²) in [6.07, 6.45) is 0. The fourth-order valence-corrected chi connectivity index (χ4v) is 1.39. The largest absolute Gasteiger partial charge is 0.300 e. The van der Waals surface area contributed by atoms with Crippen LogP contribution in [0.15, 0.2) is 12.1 Å². The van der Waals surface area contributed by atoms with Gasteiger partial charge in [-0.2, -0.15) is 0 Å². The number of nitrogens with zero attached hydrogens (tertiary/aromatic N) is 1. The van der Waals surface area contributed by atoms with Gasteiger partial charge in [-0.05, 0) is 19.1 Å². The maximum atomic E-state index is 11.0. The maximum Gasteiger partial charge on any atom is 0.300 e. The molecule has 1 aromatic carbocycles. The molecule has 0 spiro atoms. The Hall–Kier alpha value is -1.13. The van der Waals surface area contributed by atoms with Crippen LogP contribution in [0.25, 0.3) is 0 Å². The molecule has 0 unspecified atom stereocenters. The monoisotopic (exact) mass is 233 g/mol. The van der Waals surface area contributed by atoms with Gasteiger partial charge in [0.25, 0.3) is 5.69 Å². The van der Waals surface area contributed by atoms with E-state index in [0.29, 0.717) is 0 Å². The molecule has 0 aliphatic carbocycles. The van der Waals surface area contributed by atoms with E-state index in [9.17, 15) is 14.9 Å². The van der Waals surface area contributed by atoms with Crippen molar-refractivity contribution >= 4 is 34.7 Å². The number of rotatable bonds is 2. The van der Waals surface area contributed by atoms with E-state index in [-0.39, 0.29) is 15.6 Å². The first-order chi connectivity index (χ1) is 6.45. The highest BCUT2D eigenvalue weighted by Gasteiger charge is 2.23. The zero-order chi connectivity index (χ0) is 10.9. The number of nitro benzene ring substituents is 1. The van der Waals surface area contributed by atoms with Gasteiger partial charge in [0, 0.05) is 0 Å². The Balaban J connectivity index is 3.53. The van der Waals surface area contributed by atoms with E-state index in [0.717, 1.165) is 0 Å². The summed E-state index contributed by atoms with van der Waals surface area (Å²) in [5.74, 6) is -0.421. The van der Waals surface area contributed by atoms with Crippen LogP contribution in [0.2, 0.25) is 10.0 Å². The first kappa shape index (κ1) is 10.9. The van der Waals surface area contributed by atoms with Gasteiger partial charge in [-0.3, -0.25) is 14.9 Å². The van der Waals surface area contributed by atoms with E-state index < -0.39 is 16.4 Å². The molecule has 0 fully saturated rings. The molecule has 4 nitrogen and oxygen atoms in total. The van der Waals surface area contributed by atoms with Crippen molar-refractivity contribution in [3.8, 4) is 0 Å². The van der Waals surface area contributed by atoms with Crippen LogP contribution < -0.4 is 0 Å². The van der Waals surface area contributed by atoms with E-state index >= 15 is 0 Å². The van der Waals surface area contributed by atoms with Gasteiger partial charge in [-0.1, -0.05) is 23.2 Å². The van der Waals surface area contributed by atoms with E-state index in [2.05, 4.69) is 0 Å². The number of hydrogen-bond donors (Lipinski definition) is 0. The molecule has 0 radical (unpaired) electrons. The molecular weight excluding hydrogens is 229 g/mol. The topological polar surface area (TPSA) is 60.2 Å². The third-order valence-corrected chi connectivity index (χ3v) is 2.43. The van der Waals surface area contributed by atoms with Crippen LogP contribution in [-0.4, -0.2) is 10.7 Å². The number of hydrogen-bond acceptors (Lipinski definition) is 3. The minimum Gasteiger partial charge on any atom is -0.294 e. The van der Waals surface area contributed by atoms with Gasteiger partial charge in [-0.15, -0.1) is 0 Å². The Bertz CT molecular complexity index is 417. The second-order valence-electron chi connectivity index (χ2n) is 2.57. The highest BCUT2D eigenvalue weighted by atomic mass is 35.5. The molecule has 0 saturated heterocycles. The molecule has 0 saturated carbocycles. The second-order valence-corrected chi connectivity index (χ2v) is 3.36. The van der Waals surface area contributed by atoms with Gasteiger partial charge in [-0.25, -0.2) is 0 Å². The lowest BCUT2D eigenvalue weighted by Crippen LogP contribution is -2.00. The predicted molar refractivity (Wildman–Crippen MR) is 53.1 cm³/mol. The van der Waals surface area contributed by atoms with Crippen molar-refractivity contribution in [1.82, 2.24) is 0 Å². The first-order valence-electron chi connectivity index (χ1n) is 3.58. The lowest BCUT2D eigenvalue weighted by atomic mass is 10.1. The number of carbonyl (C=O) groups is 1. The average molecular weight is 234 g/mol. The Labute approximate surface area is 89.6 Å². The van der Waals surface area contributed by atoms with Crippen LogP contribution in [0, 0.1) is 10.1 Å². The normalized spacial score (nSPS) is 9.93. The Kier molecular flexibility index (Phi) is 3.08. The zero-order valence-corrected chi connectivity index (χ0v) is 8.59. The second kappa shape index (κ2) is 3.94. The molecule has 0 aromatic heterocycles. The number of carbonyl (C=O) groups excluding carboxylic acids is 1. The van der Waals surface area contributed by atoms with E-state index in [1.807, 2.05) is 0 Å². The van der Waals surface area contributed by atoms with Gasteiger partial charge in [0.15, 0.2) is 5.78 Å². The summed E-state index contributed by atoms with van der Waals surface area (Å²) in [7, 11) is 0. The Morgan fingerprint density at radius 2 is 2.00 bits per heavy atom. The summed E-state index contributed by atoms with van der Waals surface area (Å²) in [4.78, 5) is 20.9. The van der Waals surface area contributed by atoms with E-state index in [1.165, 1.54) is 19.1 Å². The van der Waals surface area contributed by atoms with Crippen molar-refractivity contribution in [2.75, 3.05) is 0 Å². The van der Waals surface area contributed by atoms with Crippen molar-refractivity contribution in [2.45, 2.75) is 6.92 Å². The highest BCUT2D eigenvalue weighted by Crippen LogP contribution is 2.34. The standard InChI is InChI=1S/C8H5Cl2NO3/c1-4(12)5-2-3-6(9)7(10)8(5)11(13)14/h2-3H,1H3. The van der Waals surface area contributed by atoms with Gasteiger partial charge in [0.1, 0.15) is 5.02 Å². The number of halogens is 2. The molecule has 0 aliphatic rings. The minimum atomic E-state index is -0.717. The van der Waals surface area contributed by atoms with Gasteiger partial charge in [0.05, 0.1) is 15.5 Å². The number of nitro groups is 1. The van der Waals surface area contributed by atoms with Gasteiger partial charge < -0.3 is 0 Å². The SMILES string of the molecule is CC(=O)c1ccc(Cl)c(Cl)c1[N+](=O)[O-]. The van der Waals surface area contributed by atoms with Gasteiger partial charge in [0.2, 0.25) is 0 Å². The number of ketones is 1. The molecule has 0 amide bonds. The van der Waals surface area contributed by atoms with E-state index in [1.54, 1.807) is 0 Å². The molecule has 1 rings (SSSR count). The molecule has 0 aliphatic heterocycles. The van der Waals surface area contributed by atoms with Gasteiger partial charge >= 0.3 is 0 Å². The van der Waals surface area contributed by atoms with Crippen molar-refractivity contribution in [2.24, 2.45) is 0 Å². The van der Waals surface area contributed by atoms with Crippen molar-refractivity contribution in [3.05, 3.63) is 37.9 Å². The predicted octanol–water partition coefficient (Wildman–Crippen LogP) is 3.10. The zero-order valence-electron chi connectivity index (χ0n) is 7.08. The molecule has 1 aromatic rings. The lowest BCUT2D eigenvalue weighted by molar-refractivity contribution is -0.385. The number of Topliss-reactive ketones (excluding diaryl/α,β-unsaturated/α-hetero) is 1. The third kappa shape index (κ3) is 1.86. The Morgan fingerprint density at radius 1 is 1.43 bits per heavy atom. The first-order valence-corrected chi connectivity index (χ1v) is 4.34. The van der Waals surface area contributed by atoms with Crippen molar-refractivity contribution in [3.63, 3.8) is 0 Å². The van der Waals surface area contributed by atoms with Crippen LogP contribution in [0.5, 0.6) is 0 Å². The smallest absolute Gasteiger partial charge is 0.294 e. The van der Waals surface area contributed by atoms with Crippen LogP contribution in [0.4, 0.5) is 5.69 Å². The summed E-state index contributed by atoms with van der Waals surface area (Å²) >= 11 is 11.2. The highest BCUT2D eigenvalue weighted by molar-refractivity contribution is 6.43. The molecule has 74 valence electrons. The molecule has 6 heteroatoms. The summed E-state index contributed by atoms with van der Waals surface area (Å²) in [5, 5.41) is 10.5. The fourth-order valence-electron chi connectivity index (χ4n) is 1.00. The third-order valence-electron chi connectivity index (χ3n) is 1.63. The van der Waals surface area contributed by atoms with Crippen molar-refractivity contribution < 1.29 is 9.72 Å². The molecule has 0 atom stereocenters.